The van der Waals surface area contributed by atoms with Crippen molar-refractivity contribution in [3.63, 3.8) is 0 Å². The van der Waals surface area contributed by atoms with Crippen LogP contribution in [-0.2, 0) is 0 Å². The summed E-state index contributed by atoms with van der Waals surface area (Å²) in [6, 6.07) is 7.48. The number of nitrogens with one attached hydrogen (secondary N) is 2. The lowest BCUT2D eigenvalue weighted by Gasteiger charge is -2.36. The van der Waals surface area contributed by atoms with Crippen LogP contribution in [0.25, 0.3) is 0 Å². The molecule has 0 unspecified atom stereocenters. The van der Waals surface area contributed by atoms with Crippen LogP contribution in [0.15, 0.2) is 18.2 Å². The minimum Gasteiger partial charge on any atom is -0.382 e. The van der Waals surface area contributed by atoms with Crippen molar-refractivity contribution >= 4 is 11.4 Å². The van der Waals surface area contributed by atoms with Gasteiger partial charge in [-0.3, -0.25) is 0 Å². The largest absolute Gasteiger partial charge is 0.382 e. The number of fused-ring (bicyclic) bond motifs is 3. The molecule has 3 heteroatoms. The lowest BCUT2D eigenvalue weighted by Crippen LogP contribution is -2.46. The molecule has 4 rings (SSSR count). The van der Waals surface area contributed by atoms with Gasteiger partial charge in [0.05, 0.1) is 11.4 Å². The zero-order valence-electron chi connectivity index (χ0n) is 9.37. The number of hydrogen-bond acceptors (Lipinski definition) is 3. The van der Waals surface area contributed by atoms with Crippen LogP contribution in [0.3, 0.4) is 0 Å². The zero-order valence-corrected chi connectivity index (χ0v) is 9.37. The molecule has 3 heterocycles. The summed E-state index contributed by atoms with van der Waals surface area (Å²) < 4.78 is 0. The quantitative estimate of drug-likeness (QED) is 0.684. The third kappa shape index (κ3) is 1.02. The topological polar surface area (TPSA) is 27.3 Å². The number of benzene rings is 1. The minimum atomic E-state index is 0.712. The molecule has 0 amide bonds. The Kier molecular flexibility index (Phi) is 1.74. The SMILES string of the molecule is c1cc2c3c(c1)[C@@H]1CNCC[C@@H]1N3CCN2. The Hall–Kier alpha value is -1.22. The third-order valence-electron chi connectivity index (χ3n) is 4.27. The smallest absolute Gasteiger partial charge is 0.0642 e. The third-order valence-corrected chi connectivity index (χ3v) is 4.27. The highest BCUT2D eigenvalue weighted by Gasteiger charge is 2.41. The maximum Gasteiger partial charge on any atom is 0.0642 e. The molecule has 0 bridgehead atoms. The van der Waals surface area contributed by atoms with Crippen LogP contribution in [0.2, 0.25) is 0 Å². The lowest BCUT2D eigenvalue weighted by atomic mass is 9.90. The van der Waals surface area contributed by atoms with Gasteiger partial charge in [0.1, 0.15) is 0 Å². The molecule has 84 valence electrons. The lowest BCUT2D eigenvalue weighted by molar-refractivity contribution is 0.404. The first-order valence-corrected chi connectivity index (χ1v) is 6.29. The van der Waals surface area contributed by atoms with E-state index < -0.39 is 0 Å². The van der Waals surface area contributed by atoms with E-state index in [9.17, 15) is 0 Å². The van der Waals surface area contributed by atoms with E-state index in [1.807, 2.05) is 0 Å². The van der Waals surface area contributed by atoms with Crippen LogP contribution in [0.1, 0.15) is 17.9 Å². The average molecular weight is 215 g/mol. The van der Waals surface area contributed by atoms with Crippen LogP contribution >= 0.6 is 0 Å². The summed E-state index contributed by atoms with van der Waals surface area (Å²) in [4.78, 5) is 2.65. The van der Waals surface area contributed by atoms with Gasteiger partial charge in [-0.05, 0) is 24.6 Å². The maximum atomic E-state index is 3.53. The van der Waals surface area contributed by atoms with Gasteiger partial charge < -0.3 is 15.5 Å². The van der Waals surface area contributed by atoms with Crippen molar-refractivity contribution in [3.05, 3.63) is 23.8 Å². The molecule has 0 saturated carbocycles. The van der Waals surface area contributed by atoms with E-state index >= 15 is 0 Å². The number of rotatable bonds is 0. The number of piperidine rings is 1. The Labute approximate surface area is 95.8 Å². The Balaban J connectivity index is 1.89. The van der Waals surface area contributed by atoms with Crippen molar-refractivity contribution in [2.45, 2.75) is 18.4 Å². The van der Waals surface area contributed by atoms with Gasteiger partial charge in [0.2, 0.25) is 0 Å². The number of anilines is 2. The van der Waals surface area contributed by atoms with Gasteiger partial charge >= 0.3 is 0 Å². The highest BCUT2D eigenvalue weighted by Crippen LogP contribution is 2.48. The zero-order chi connectivity index (χ0) is 10.5. The first-order valence-electron chi connectivity index (χ1n) is 6.29. The summed E-state index contributed by atoms with van der Waals surface area (Å²) in [5, 5.41) is 7.06. The molecule has 0 aliphatic carbocycles. The standard InChI is InChI=1S/C13H17N3/c1-2-9-10-8-14-5-4-12(10)16-7-6-15-11(3-1)13(9)16/h1-3,10,12,14-15H,4-8H2/t10-,12-/m0/s1. The van der Waals surface area contributed by atoms with Gasteiger partial charge in [-0.25, -0.2) is 0 Å². The van der Waals surface area contributed by atoms with Gasteiger partial charge in [0.25, 0.3) is 0 Å². The summed E-state index contributed by atoms with van der Waals surface area (Å²) in [7, 11) is 0. The molecule has 0 spiro atoms. The number of hydrogen-bond donors (Lipinski definition) is 2. The minimum absolute atomic E-state index is 0.712. The van der Waals surface area contributed by atoms with Gasteiger partial charge in [0.15, 0.2) is 0 Å². The molecule has 1 aromatic rings. The first kappa shape index (κ1) is 8.88. The van der Waals surface area contributed by atoms with E-state index in [4.69, 9.17) is 0 Å². The van der Waals surface area contributed by atoms with E-state index in [2.05, 4.69) is 33.7 Å². The summed E-state index contributed by atoms with van der Waals surface area (Å²) in [6.07, 6.45) is 1.29. The molecule has 1 aromatic carbocycles. The summed E-state index contributed by atoms with van der Waals surface area (Å²) in [5.74, 6) is 0.712. The van der Waals surface area contributed by atoms with Crippen molar-refractivity contribution in [1.29, 1.82) is 0 Å². The van der Waals surface area contributed by atoms with Gasteiger partial charge in [0, 0.05) is 31.6 Å². The number of nitrogens with zero attached hydrogens (tertiary/aromatic N) is 1. The molecule has 2 atom stereocenters. The molecule has 2 N–H and O–H groups in total. The Morgan fingerprint density at radius 1 is 1.25 bits per heavy atom. The molecule has 0 aromatic heterocycles. The second-order valence-electron chi connectivity index (χ2n) is 5.03. The summed E-state index contributed by atoms with van der Waals surface area (Å²) in [5.41, 5.74) is 4.40. The predicted molar refractivity (Wildman–Crippen MR) is 66.3 cm³/mol. The van der Waals surface area contributed by atoms with E-state index in [0.717, 1.165) is 19.1 Å². The fourth-order valence-corrected chi connectivity index (χ4v) is 3.61. The Morgan fingerprint density at radius 3 is 3.25 bits per heavy atom. The van der Waals surface area contributed by atoms with E-state index in [-0.39, 0.29) is 0 Å². The first-order chi connectivity index (χ1) is 7.95. The van der Waals surface area contributed by atoms with Crippen molar-refractivity contribution < 1.29 is 0 Å². The van der Waals surface area contributed by atoms with Crippen molar-refractivity contribution in [3.8, 4) is 0 Å². The monoisotopic (exact) mass is 215 g/mol. The molecule has 3 nitrogen and oxygen atoms in total. The molecule has 16 heavy (non-hydrogen) atoms. The van der Waals surface area contributed by atoms with Gasteiger partial charge in [-0.2, -0.15) is 0 Å². The predicted octanol–water partition coefficient (Wildman–Crippen LogP) is 1.38. The summed E-state index contributed by atoms with van der Waals surface area (Å²) >= 11 is 0. The fraction of sp³-hybridized carbons (Fsp3) is 0.538. The Bertz CT molecular complexity index is 429. The number of para-hydroxylation sites is 1. The molecule has 3 aliphatic rings. The van der Waals surface area contributed by atoms with Crippen molar-refractivity contribution in [1.82, 2.24) is 5.32 Å². The van der Waals surface area contributed by atoms with Gasteiger partial charge in [-0.15, -0.1) is 0 Å². The second-order valence-corrected chi connectivity index (χ2v) is 5.03. The average Bonchev–Trinajstić information content (AvgIpc) is 2.68. The van der Waals surface area contributed by atoms with E-state index in [0.29, 0.717) is 5.92 Å². The van der Waals surface area contributed by atoms with Crippen molar-refractivity contribution in [2.24, 2.45) is 0 Å². The highest BCUT2D eigenvalue weighted by molar-refractivity contribution is 5.79. The molecule has 0 radical (unpaired) electrons. The van der Waals surface area contributed by atoms with Crippen LogP contribution in [-0.4, -0.2) is 32.2 Å². The fourth-order valence-electron chi connectivity index (χ4n) is 3.61. The van der Waals surface area contributed by atoms with Crippen LogP contribution in [0.4, 0.5) is 11.4 Å². The highest BCUT2D eigenvalue weighted by atomic mass is 15.3. The molecule has 1 fully saturated rings. The molecule has 3 aliphatic heterocycles. The Morgan fingerprint density at radius 2 is 2.25 bits per heavy atom. The normalized spacial score (nSPS) is 30.6. The van der Waals surface area contributed by atoms with E-state index in [1.54, 1.807) is 5.56 Å². The van der Waals surface area contributed by atoms with Crippen molar-refractivity contribution in [2.75, 3.05) is 36.4 Å². The molecular weight excluding hydrogens is 198 g/mol. The van der Waals surface area contributed by atoms with Gasteiger partial charge in [-0.1, -0.05) is 12.1 Å². The van der Waals surface area contributed by atoms with Crippen LogP contribution in [0, 0.1) is 0 Å². The summed E-state index contributed by atoms with van der Waals surface area (Å²) in [6.45, 7) is 4.59. The van der Waals surface area contributed by atoms with E-state index in [1.165, 1.54) is 30.9 Å². The maximum absolute atomic E-state index is 3.53. The molecule has 1 saturated heterocycles. The van der Waals surface area contributed by atoms with Crippen LogP contribution < -0.4 is 15.5 Å². The van der Waals surface area contributed by atoms with Crippen LogP contribution in [0.5, 0.6) is 0 Å². The molecular formula is C13H17N3. The second kappa shape index (κ2) is 3.14.